The average molecular weight is 778 g/mol. The van der Waals surface area contributed by atoms with Crippen LogP contribution in [-0.2, 0) is 11.2 Å². The summed E-state index contributed by atoms with van der Waals surface area (Å²) in [5, 5.41) is 24.5. The summed E-state index contributed by atoms with van der Waals surface area (Å²) < 4.78 is 6.72. The fourth-order valence-electron chi connectivity index (χ4n) is 13.8. The fourth-order valence-corrected chi connectivity index (χ4v) is 13.8. The normalized spacial score (nSPS) is 37.7. The quantitative estimate of drug-likeness (QED) is 0.206. The van der Waals surface area contributed by atoms with E-state index in [0.717, 1.165) is 67.4 Å². The zero-order valence-corrected chi connectivity index (χ0v) is 35.7. The lowest BCUT2D eigenvalue weighted by atomic mass is 9.49. The number of rotatable bonds is 8. The summed E-state index contributed by atoms with van der Waals surface area (Å²) in [5.41, 5.74) is 2.80. The molecule has 0 heterocycles. The van der Waals surface area contributed by atoms with Crippen LogP contribution in [0.2, 0.25) is 0 Å². The smallest absolute Gasteiger partial charge is 0.410 e. The highest BCUT2D eigenvalue weighted by Gasteiger charge is 2.59. The second kappa shape index (κ2) is 16.2. The Morgan fingerprint density at radius 3 is 2.28 bits per heavy atom. The highest BCUT2D eigenvalue weighted by atomic mass is 16.6. The van der Waals surface area contributed by atoms with Gasteiger partial charge in [-0.15, -0.1) is 0 Å². The van der Waals surface area contributed by atoms with Gasteiger partial charge in [-0.25, -0.2) is 4.79 Å². The first kappa shape index (κ1) is 40.8. The van der Waals surface area contributed by atoms with Gasteiger partial charge in [0.1, 0.15) is 6.10 Å². The molecular formula is C51H71NO5. The van der Waals surface area contributed by atoms with Crippen LogP contribution < -0.4 is 0 Å². The zero-order chi connectivity index (χ0) is 40.1. The molecule has 2 aromatic carbocycles. The van der Waals surface area contributed by atoms with Crippen LogP contribution in [0.1, 0.15) is 164 Å². The van der Waals surface area contributed by atoms with Crippen molar-refractivity contribution in [3.05, 3.63) is 82.4 Å². The number of carbonyl (C=O) groups excluding carboxylic acids is 2. The van der Waals surface area contributed by atoms with Crippen molar-refractivity contribution >= 4 is 11.9 Å². The zero-order valence-electron chi connectivity index (χ0n) is 35.7. The monoisotopic (exact) mass is 778 g/mol. The molecule has 8 aliphatic carbocycles. The molecule has 6 fully saturated rings. The van der Waals surface area contributed by atoms with Crippen molar-refractivity contribution in [3.63, 3.8) is 0 Å². The SMILES string of the molecule is CC1=CCCC2(C)C(CCC2(O)CN(CC23CC4CC(CC(C4)C2)C3)C(=O)OC2CC(C)CCC2C(C)C)c2ccc(cc2C(=O)c2ccccc2)CC(O)CC1. The summed E-state index contributed by atoms with van der Waals surface area (Å²) in [4.78, 5) is 31.5. The molecule has 6 heteroatoms. The van der Waals surface area contributed by atoms with Gasteiger partial charge in [-0.2, -0.15) is 0 Å². The van der Waals surface area contributed by atoms with E-state index in [2.05, 4.69) is 52.8 Å². The number of aliphatic hydroxyl groups is 2. The Bertz CT molecular complexity index is 1760. The molecule has 0 radical (unpaired) electrons. The molecule has 6 nitrogen and oxygen atoms in total. The second-order valence-electron chi connectivity index (χ2n) is 21.2. The van der Waals surface area contributed by atoms with Gasteiger partial charge in [0.25, 0.3) is 0 Å². The number of ether oxygens (including phenoxy) is 1. The number of hydrogen-bond donors (Lipinski definition) is 2. The molecule has 6 saturated carbocycles. The van der Waals surface area contributed by atoms with E-state index >= 15 is 0 Å². The van der Waals surface area contributed by atoms with E-state index < -0.39 is 17.1 Å². The van der Waals surface area contributed by atoms with Crippen LogP contribution in [0.15, 0.2) is 60.2 Å². The minimum atomic E-state index is -1.18. The maximum absolute atomic E-state index is 15.0. The van der Waals surface area contributed by atoms with Crippen molar-refractivity contribution in [1.82, 2.24) is 4.90 Å². The van der Waals surface area contributed by atoms with Gasteiger partial charge in [-0.05, 0) is 167 Å². The first-order valence-corrected chi connectivity index (χ1v) is 23.0. The molecule has 0 spiro atoms. The Morgan fingerprint density at radius 2 is 1.60 bits per heavy atom. The van der Waals surface area contributed by atoms with Gasteiger partial charge in [0.05, 0.1) is 18.2 Å². The van der Waals surface area contributed by atoms with Crippen LogP contribution in [0.3, 0.4) is 0 Å². The summed E-state index contributed by atoms with van der Waals surface area (Å²) in [7, 11) is 0. The molecule has 7 atom stereocenters. The first-order chi connectivity index (χ1) is 27.2. The molecule has 8 aliphatic rings. The van der Waals surface area contributed by atoms with Gasteiger partial charge in [-0.3, -0.25) is 4.79 Å². The highest BCUT2D eigenvalue weighted by molar-refractivity contribution is 6.10. The molecule has 57 heavy (non-hydrogen) atoms. The van der Waals surface area contributed by atoms with Gasteiger partial charge in [0, 0.05) is 23.1 Å². The molecule has 2 N–H and O–H groups in total. The summed E-state index contributed by atoms with van der Waals surface area (Å²) in [6.45, 7) is 12.2. The van der Waals surface area contributed by atoms with E-state index in [4.69, 9.17) is 4.74 Å². The largest absolute Gasteiger partial charge is 0.446 e. The number of benzene rings is 2. The van der Waals surface area contributed by atoms with Gasteiger partial charge in [-0.1, -0.05) is 88.2 Å². The number of ketones is 1. The van der Waals surface area contributed by atoms with Crippen molar-refractivity contribution in [2.24, 2.45) is 46.3 Å². The molecule has 2 aromatic rings. The third-order valence-electron chi connectivity index (χ3n) is 16.6. The molecule has 0 aliphatic heterocycles. The predicted octanol–water partition coefficient (Wildman–Crippen LogP) is 11.1. The Balaban J connectivity index is 1.17. The molecule has 0 aromatic heterocycles. The Hall–Kier alpha value is -2.96. The van der Waals surface area contributed by atoms with Crippen LogP contribution in [0.4, 0.5) is 4.79 Å². The van der Waals surface area contributed by atoms with E-state index in [0.29, 0.717) is 54.7 Å². The molecule has 0 saturated heterocycles. The van der Waals surface area contributed by atoms with Crippen LogP contribution in [0, 0.1) is 46.3 Å². The second-order valence-corrected chi connectivity index (χ2v) is 21.2. The molecule has 7 unspecified atom stereocenters. The Kier molecular flexibility index (Phi) is 11.6. The number of amides is 1. The van der Waals surface area contributed by atoms with E-state index in [1.165, 1.54) is 50.5 Å². The third kappa shape index (κ3) is 8.30. The van der Waals surface area contributed by atoms with E-state index in [1.807, 2.05) is 41.3 Å². The van der Waals surface area contributed by atoms with Crippen molar-refractivity contribution in [2.45, 2.75) is 161 Å². The minimum Gasteiger partial charge on any atom is -0.446 e. The summed E-state index contributed by atoms with van der Waals surface area (Å²) >= 11 is 0. The van der Waals surface area contributed by atoms with Crippen LogP contribution in [0.5, 0.6) is 0 Å². The minimum absolute atomic E-state index is 0.0176. The average Bonchev–Trinajstić information content (AvgIpc) is 3.41. The summed E-state index contributed by atoms with van der Waals surface area (Å²) in [6, 6.07) is 15.8. The maximum Gasteiger partial charge on any atom is 0.410 e. The summed E-state index contributed by atoms with van der Waals surface area (Å²) in [6.07, 6.45) is 17.0. The van der Waals surface area contributed by atoms with Crippen LogP contribution in [0.25, 0.3) is 0 Å². The maximum atomic E-state index is 15.0. The fraction of sp³-hybridized carbons (Fsp3) is 0.686. The topological polar surface area (TPSA) is 87.1 Å². The molecular weight excluding hydrogens is 707 g/mol. The molecule has 10 rings (SSSR count). The number of carbonyl (C=O) groups is 2. The highest BCUT2D eigenvalue weighted by Crippen LogP contribution is 2.62. The van der Waals surface area contributed by atoms with Crippen molar-refractivity contribution < 1.29 is 24.5 Å². The van der Waals surface area contributed by atoms with Crippen LogP contribution in [-0.4, -0.2) is 57.9 Å². The first-order valence-electron chi connectivity index (χ1n) is 23.0. The molecule has 1 amide bonds. The number of nitrogens with zero attached hydrogens (tertiary/aromatic N) is 1. The van der Waals surface area contributed by atoms with Gasteiger partial charge < -0.3 is 19.8 Å². The summed E-state index contributed by atoms with van der Waals surface area (Å²) in [5.74, 6) is 3.48. The molecule has 310 valence electrons. The van der Waals surface area contributed by atoms with Crippen LogP contribution >= 0.6 is 0 Å². The van der Waals surface area contributed by atoms with Crippen molar-refractivity contribution in [3.8, 4) is 0 Å². The van der Waals surface area contributed by atoms with Gasteiger partial charge in [0.2, 0.25) is 0 Å². The Labute approximate surface area is 343 Å². The van der Waals surface area contributed by atoms with Gasteiger partial charge >= 0.3 is 6.09 Å². The van der Waals surface area contributed by atoms with E-state index in [-0.39, 0.29) is 35.9 Å². The van der Waals surface area contributed by atoms with Crippen molar-refractivity contribution in [2.75, 3.05) is 13.1 Å². The third-order valence-corrected chi connectivity index (χ3v) is 16.6. The van der Waals surface area contributed by atoms with E-state index in [9.17, 15) is 19.8 Å². The number of allylic oxidation sites excluding steroid dienone is 2. The van der Waals surface area contributed by atoms with Gasteiger partial charge in [0.15, 0.2) is 5.78 Å². The lowest BCUT2D eigenvalue weighted by Crippen LogP contribution is -2.58. The standard InChI is InChI=1S/C51H71NO5/c1-33(2)42-17-14-35(4)22-46(42)57-48(55)52(31-50-28-37-23-38(29-50)25-39(24-37)30-50)32-51(56)21-19-45-43-18-15-36(27-44(43)47(54)40-11-7-6-8-12-40)26-41(53)16-13-34(3)10-9-20-49(45,51)5/h6-8,10-12,15,18,27,33,35,37-39,41-42,45-46,53,56H,9,13-14,16-17,19-26,28-32H2,1-5H3. The van der Waals surface area contributed by atoms with Crippen molar-refractivity contribution in [1.29, 1.82) is 0 Å². The Morgan fingerprint density at radius 1 is 0.895 bits per heavy atom. The number of hydrogen-bond acceptors (Lipinski definition) is 5. The lowest BCUT2D eigenvalue weighted by Gasteiger charge is -2.58. The predicted molar refractivity (Wildman–Crippen MR) is 227 cm³/mol. The number of aliphatic hydroxyl groups excluding tert-OH is 1. The number of fused-ring (bicyclic) bond motifs is 8. The van der Waals surface area contributed by atoms with E-state index in [1.54, 1.807) is 0 Å². The lowest BCUT2D eigenvalue weighted by molar-refractivity contribution is -0.108. The molecule has 6 bridgehead atoms.